The minimum absolute atomic E-state index is 0.104. The van der Waals surface area contributed by atoms with Crippen molar-refractivity contribution in [1.29, 1.82) is 0 Å². The van der Waals surface area contributed by atoms with Gasteiger partial charge in [0, 0.05) is 26.2 Å². The van der Waals surface area contributed by atoms with Crippen LogP contribution in [0.2, 0.25) is 10.0 Å². The average Bonchev–Trinajstić information content (AvgIpc) is 3.15. The lowest BCUT2D eigenvalue weighted by molar-refractivity contribution is 0.0982. The van der Waals surface area contributed by atoms with Crippen LogP contribution in [0.4, 0.5) is 5.69 Å². The summed E-state index contributed by atoms with van der Waals surface area (Å²) in [6.07, 6.45) is 0. The Labute approximate surface area is 219 Å². The molecule has 35 heavy (non-hydrogen) atoms. The molecular formula is C26H16Cl2N2O3S2. The van der Waals surface area contributed by atoms with E-state index in [0.717, 1.165) is 21.0 Å². The quantitative estimate of drug-likeness (QED) is 0.185. The third kappa shape index (κ3) is 4.68. The summed E-state index contributed by atoms with van der Waals surface area (Å²) in [5.74, 6) is -0.422. The molecular weight excluding hydrogens is 523 g/mol. The fourth-order valence-electron chi connectivity index (χ4n) is 3.69. The van der Waals surface area contributed by atoms with Crippen LogP contribution in [0.3, 0.4) is 0 Å². The first-order valence-electron chi connectivity index (χ1n) is 10.4. The van der Waals surface area contributed by atoms with Crippen molar-refractivity contribution in [2.75, 3.05) is 5.32 Å². The first-order valence-corrected chi connectivity index (χ1v) is 12.4. The summed E-state index contributed by atoms with van der Waals surface area (Å²) in [5.41, 5.74) is 2.71. The summed E-state index contributed by atoms with van der Waals surface area (Å²) >= 11 is 19.1. The number of hydrogen-bond donors (Lipinski definition) is 2. The molecule has 0 bridgehead atoms. The van der Waals surface area contributed by atoms with Crippen LogP contribution in [0.5, 0.6) is 0 Å². The zero-order valence-electron chi connectivity index (χ0n) is 18.1. The fourth-order valence-corrected chi connectivity index (χ4v) is 5.58. The van der Waals surface area contributed by atoms with Crippen molar-refractivity contribution in [3.63, 3.8) is 0 Å². The predicted octanol–water partition coefficient (Wildman–Crippen LogP) is 7.42. The highest BCUT2D eigenvalue weighted by molar-refractivity contribution is 7.80. The number of amides is 1. The first kappa shape index (κ1) is 23.5. The smallest absolute Gasteiger partial charge is 0.344 e. The molecule has 5 rings (SSSR count). The highest BCUT2D eigenvalue weighted by Crippen LogP contribution is 2.36. The number of halogens is 2. The number of carbonyl (C=O) groups is 1. The maximum Gasteiger partial charge on any atom is 0.344 e. The van der Waals surface area contributed by atoms with Crippen molar-refractivity contribution in [3.05, 3.63) is 97.6 Å². The van der Waals surface area contributed by atoms with Gasteiger partial charge in [-0.2, -0.15) is 0 Å². The lowest BCUT2D eigenvalue weighted by atomic mass is 10.0. The number of thiophene rings is 1. The largest absolute Gasteiger partial charge is 0.422 e. The van der Waals surface area contributed by atoms with Crippen LogP contribution < -0.4 is 16.3 Å². The molecule has 5 aromatic rings. The molecule has 2 heterocycles. The summed E-state index contributed by atoms with van der Waals surface area (Å²) in [6, 6.07) is 19.9. The average molecular weight is 539 g/mol. The van der Waals surface area contributed by atoms with Gasteiger partial charge in [-0.25, -0.2) is 4.79 Å². The lowest BCUT2D eigenvalue weighted by Gasteiger charge is -2.13. The van der Waals surface area contributed by atoms with Gasteiger partial charge in [0.2, 0.25) is 0 Å². The molecule has 0 aliphatic rings. The van der Waals surface area contributed by atoms with Gasteiger partial charge in [-0.05, 0) is 60.6 Å². The lowest BCUT2D eigenvalue weighted by Crippen LogP contribution is -2.34. The predicted molar refractivity (Wildman–Crippen MR) is 148 cm³/mol. The van der Waals surface area contributed by atoms with E-state index in [2.05, 4.69) is 10.6 Å². The van der Waals surface area contributed by atoms with Gasteiger partial charge >= 0.3 is 5.63 Å². The number of carbonyl (C=O) groups excluding carboxylic acids is 1. The Bertz CT molecular complexity index is 1710. The zero-order chi connectivity index (χ0) is 24.7. The van der Waals surface area contributed by atoms with Crippen molar-refractivity contribution in [3.8, 4) is 11.1 Å². The number of aryl methyl sites for hydroxylation is 1. The van der Waals surface area contributed by atoms with Gasteiger partial charge in [0.05, 0.1) is 10.6 Å². The maximum absolute atomic E-state index is 12.9. The summed E-state index contributed by atoms with van der Waals surface area (Å²) in [4.78, 5) is 25.8. The Balaban J connectivity index is 1.39. The Morgan fingerprint density at radius 3 is 2.66 bits per heavy atom. The van der Waals surface area contributed by atoms with Gasteiger partial charge in [0.25, 0.3) is 5.91 Å². The van der Waals surface area contributed by atoms with Gasteiger partial charge in [-0.3, -0.25) is 10.1 Å². The van der Waals surface area contributed by atoms with E-state index in [1.165, 1.54) is 11.3 Å². The summed E-state index contributed by atoms with van der Waals surface area (Å²) < 4.78 is 6.27. The monoisotopic (exact) mass is 538 g/mol. The highest BCUT2D eigenvalue weighted by Gasteiger charge is 2.19. The first-order chi connectivity index (χ1) is 16.8. The van der Waals surface area contributed by atoms with E-state index in [0.29, 0.717) is 37.3 Å². The van der Waals surface area contributed by atoms with Crippen LogP contribution in [0.1, 0.15) is 15.2 Å². The van der Waals surface area contributed by atoms with E-state index in [1.807, 2.05) is 37.3 Å². The number of para-hydroxylation sites is 1. The van der Waals surface area contributed by atoms with Crippen LogP contribution in [0.15, 0.2) is 75.9 Å². The molecule has 0 fully saturated rings. The summed E-state index contributed by atoms with van der Waals surface area (Å²) in [5, 5.41) is 8.32. The number of anilines is 1. The van der Waals surface area contributed by atoms with Crippen molar-refractivity contribution >= 4 is 84.5 Å². The molecule has 0 atom stereocenters. The molecule has 174 valence electrons. The second-order valence-electron chi connectivity index (χ2n) is 7.81. The number of benzene rings is 3. The van der Waals surface area contributed by atoms with E-state index in [1.54, 1.807) is 36.4 Å². The fraction of sp³-hybridized carbons (Fsp3) is 0.0385. The molecule has 0 aliphatic carbocycles. The zero-order valence-corrected chi connectivity index (χ0v) is 21.3. The Kier molecular flexibility index (Phi) is 6.34. The molecule has 0 unspecified atom stereocenters. The van der Waals surface area contributed by atoms with Crippen LogP contribution in [0, 0.1) is 6.92 Å². The molecule has 2 aromatic heterocycles. The third-order valence-electron chi connectivity index (χ3n) is 5.46. The molecule has 2 N–H and O–H groups in total. The van der Waals surface area contributed by atoms with Gasteiger partial charge in [0.15, 0.2) is 5.11 Å². The molecule has 0 radical (unpaired) electrons. The topological polar surface area (TPSA) is 71.3 Å². The SMILES string of the molecule is Cc1ccc(-c2cc3ccccc3oc2=O)cc1NC(=S)NC(=O)c1sc2cc(Cl)ccc2c1Cl. The molecule has 0 saturated heterocycles. The molecule has 0 spiro atoms. The van der Waals surface area contributed by atoms with E-state index >= 15 is 0 Å². The van der Waals surface area contributed by atoms with E-state index in [9.17, 15) is 9.59 Å². The van der Waals surface area contributed by atoms with Crippen molar-refractivity contribution in [1.82, 2.24) is 5.32 Å². The maximum atomic E-state index is 12.9. The number of fused-ring (bicyclic) bond motifs is 2. The van der Waals surface area contributed by atoms with Gasteiger partial charge in [-0.1, -0.05) is 59.6 Å². The van der Waals surface area contributed by atoms with Gasteiger partial charge in [-0.15, -0.1) is 11.3 Å². The Morgan fingerprint density at radius 1 is 1.03 bits per heavy atom. The Hall–Kier alpha value is -3.23. The Morgan fingerprint density at radius 2 is 1.83 bits per heavy atom. The number of hydrogen-bond acceptors (Lipinski definition) is 5. The molecule has 3 aromatic carbocycles. The minimum Gasteiger partial charge on any atom is -0.422 e. The summed E-state index contributed by atoms with van der Waals surface area (Å²) in [7, 11) is 0. The molecule has 1 amide bonds. The van der Waals surface area contributed by atoms with Crippen LogP contribution >= 0.6 is 46.8 Å². The standard InChI is InChI=1S/C26H16Cl2N2O3S2/c1-13-6-7-14(18-10-15-4-2-3-5-20(15)33-25(18)32)11-19(13)29-26(34)30-24(31)23-22(28)17-9-8-16(27)12-21(17)35-23/h2-12H,1H3,(H2,29,30,31,34). The molecule has 9 heteroatoms. The van der Waals surface area contributed by atoms with Gasteiger partial charge < -0.3 is 9.73 Å². The van der Waals surface area contributed by atoms with Crippen molar-refractivity contribution in [2.45, 2.75) is 6.92 Å². The van der Waals surface area contributed by atoms with E-state index < -0.39 is 11.5 Å². The normalized spacial score (nSPS) is 11.1. The summed E-state index contributed by atoms with van der Waals surface area (Å²) in [6.45, 7) is 1.89. The third-order valence-corrected chi connectivity index (χ3v) is 7.56. The molecule has 0 aliphatic heterocycles. The van der Waals surface area contributed by atoms with Crippen molar-refractivity contribution in [2.24, 2.45) is 0 Å². The highest BCUT2D eigenvalue weighted by atomic mass is 35.5. The minimum atomic E-state index is -0.436. The van der Waals surface area contributed by atoms with Crippen molar-refractivity contribution < 1.29 is 9.21 Å². The van der Waals surface area contributed by atoms with E-state index in [4.69, 9.17) is 39.8 Å². The number of rotatable bonds is 3. The van der Waals surface area contributed by atoms with Crippen LogP contribution in [-0.4, -0.2) is 11.0 Å². The second-order valence-corrected chi connectivity index (χ2v) is 10.1. The second kappa shape index (κ2) is 9.43. The van der Waals surface area contributed by atoms with Crippen LogP contribution in [-0.2, 0) is 0 Å². The molecule has 0 saturated carbocycles. The van der Waals surface area contributed by atoms with Crippen LogP contribution in [0.25, 0.3) is 32.2 Å². The number of nitrogens with one attached hydrogen (secondary N) is 2. The van der Waals surface area contributed by atoms with E-state index in [-0.39, 0.29) is 5.11 Å². The molecule has 5 nitrogen and oxygen atoms in total. The van der Waals surface area contributed by atoms with Gasteiger partial charge in [0.1, 0.15) is 10.5 Å². The number of thiocarbonyl (C=S) groups is 1.